The molecule has 8 heteroatoms. The number of benzene rings is 1. The van der Waals surface area contributed by atoms with Gasteiger partial charge in [-0.15, -0.1) is 11.3 Å². The van der Waals surface area contributed by atoms with Crippen molar-refractivity contribution in [1.82, 2.24) is 9.55 Å². The van der Waals surface area contributed by atoms with Crippen LogP contribution >= 0.6 is 34.7 Å². The molecule has 5 nitrogen and oxygen atoms in total. The van der Waals surface area contributed by atoms with Gasteiger partial charge in [0.1, 0.15) is 4.83 Å². The molecule has 150 valence electrons. The molecule has 0 aliphatic carbocycles. The number of fused-ring (bicyclic) bond motifs is 1. The number of nitrogens with zero attached hydrogens (tertiary/aromatic N) is 2. The van der Waals surface area contributed by atoms with Crippen LogP contribution in [0.5, 0.6) is 0 Å². The number of thioether (sulfide) groups is 1. The maximum atomic E-state index is 13.4. The van der Waals surface area contributed by atoms with E-state index in [9.17, 15) is 4.79 Å². The van der Waals surface area contributed by atoms with Crippen LogP contribution in [0.25, 0.3) is 21.3 Å². The molecule has 0 spiro atoms. The van der Waals surface area contributed by atoms with Gasteiger partial charge in [0, 0.05) is 54.2 Å². The second-order valence-corrected chi connectivity index (χ2v) is 8.38. The monoisotopic (exact) mass is 438 g/mol. The number of ether oxygens (including phenoxy) is 2. The first-order valence-corrected chi connectivity index (χ1v) is 11.4. The van der Waals surface area contributed by atoms with Gasteiger partial charge < -0.3 is 9.47 Å². The van der Waals surface area contributed by atoms with E-state index in [0.29, 0.717) is 36.8 Å². The van der Waals surface area contributed by atoms with Crippen molar-refractivity contribution in [2.75, 3.05) is 32.7 Å². The van der Waals surface area contributed by atoms with E-state index in [1.54, 1.807) is 23.4 Å². The average molecular weight is 439 g/mol. The van der Waals surface area contributed by atoms with E-state index in [1.807, 2.05) is 36.6 Å². The van der Waals surface area contributed by atoms with Gasteiger partial charge in [0.05, 0.1) is 12.0 Å². The van der Waals surface area contributed by atoms with Gasteiger partial charge in [0.15, 0.2) is 5.16 Å². The van der Waals surface area contributed by atoms with Gasteiger partial charge in [0.2, 0.25) is 0 Å². The highest BCUT2D eigenvalue weighted by Crippen LogP contribution is 2.35. The number of rotatable bonds is 10. The van der Waals surface area contributed by atoms with E-state index < -0.39 is 0 Å². The van der Waals surface area contributed by atoms with Crippen LogP contribution in [0.15, 0.2) is 39.6 Å². The van der Waals surface area contributed by atoms with Gasteiger partial charge >= 0.3 is 0 Å². The van der Waals surface area contributed by atoms with Crippen molar-refractivity contribution in [1.29, 1.82) is 0 Å². The number of aromatic nitrogens is 2. The van der Waals surface area contributed by atoms with Crippen molar-refractivity contribution in [3.8, 4) is 11.1 Å². The maximum Gasteiger partial charge on any atom is 0.263 e. The molecule has 0 amide bonds. The lowest BCUT2D eigenvalue weighted by molar-refractivity contribution is 0.164. The molecule has 1 aromatic carbocycles. The highest BCUT2D eigenvalue weighted by Gasteiger charge is 2.18. The number of hydrogen-bond donors (Lipinski definition) is 0. The van der Waals surface area contributed by atoms with Crippen LogP contribution < -0.4 is 5.56 Å². The molecule has 2 heterocycles. The third kappa shape index (κ3) is 4.78. The quantitative estimate of drug-likeness (QED) is 0.255. The Labute approximate surface area is 177 Å². The Balaban J connectivity index is 2.05. The molecule has 0 N–H and O–H groups in total. The zero-order chi connectivity index (χ0) is 19.9. The predicted octanol–water partition coefficient (Wildman–Crippen LogP) is 4.94. The average Bonchev–Trinajstić information content (AvgIpc) is 3.12. The van der Waals surface area contributed by atoms with Gasteiger partial charge in [-0.05, 0) is 19.4 Å². The molecule has 2 aromatic heterocycles. The molecule has 0 atom stereocenters. The normalized spacial score (nSPS) is 11.4. The third-order valence-electron chi connectivity index (χ3n) is 4.22. The fourth-order valence-electron chi connectivity index (χ4n) is 2.89. The van der Waals surface area contributed by atoms with E-state index in [1.165, 1.54) is 11.3 Å². The Hall–Kier alpha value is -1.38. The van der Waals surface area contributed by atoms with Gasteiger partial charge in [-0.1, -0.05) is 41.6 Å². The van der Waals surface area contributed by atoms with Crippen molar-refractivity contribution in [3.63, 3.8) is 0 Å². The van der Waals surface area contributed by atoms with Gasteiger partial charge in [-0.3, -0.25) is 9.36 Å². The van der Waals surface area contributed by atoms with E-state index in [0.717, 1.165) is 33.3 Å². The largest absolute Gasteiger partial charge is 0.385 e. The second-order valence-electron chi connectivity index (χ2n) is 6.05. The Morgan fingerprint density at radius 3 is 2.82 bits per heavy atom. The van der Waals surface area contributed by atoms with E-state index in [4.69, 9.17) is 26.1 Å². The molecule has 3 rings (SSSR count). The second kappa shape index (κ2) is 10.4. The summed E-state index contributed by atoms with van der Waals surface area (Å²) in [5, 5.41) is 3.95. The summed E-state index contributed by atoms with van der Waals surface area (Å²) < 4.78 is 12.3. The van der Waals surface area contributed by atoms with E-state index in [2.05, 4.69) is 0 Å². The Morgan fingerprint density at radius 1 is 1.25 bits per heavy atom. The minimum Gasteiger partial charge on any atom is -0.385 e. The lowest BCUT2D eigenvalue weighted by atomic mass is 10.1. The zero-order valence-corrected chi connectivity index (χ0v) is 18.3. The van der Waals surface area contributed by atoms with Crippen LogP contribution in [0, 0.1) is 0 Å². The van der Waals surface area contributed by atoms with Crippen LogP contribution in [0.3, 0.4) is 0 Å². The van der Waals surface area contributed by atoms with Crippen LogP contribution in [0.4, 0.5) is 0 Å². The maximum absolute atomic E-state index is 13.4. The third-order valence-corrected chi connectivity index (χ3v) is 6.36. The Kier molecular flexibility index (Phi) is 7.93. The smallest absolute Gasteiger partial charge is 0.263 e. The minimum absolute atomic E-state index is 0.0313. The van der Waals surface area contributed by atoms with Crippen molar-refractivity contribution in [3.05, 3.63) is 45.0 Å². The first-order chi connectivity index (χ1) is 13.7. The van der Waals surface area contributed by atoms with Crippen molar-refractivity contribution in [2.45, 2.75) is 25.0 Å². The summed E-state index contributed by atoms with van der Waals surface area (Å²) in [5.41, 5.74) is 1.67. The Bertz CT molecular complexity index is 987. The molecule has 0 saturated heterocycles. The molecule has 0 saturated carbocycles. The molecule has 0 aliphatic rings. The summed E-state index contributed by atoms with van der Waals surface area (Å²) in [6, 6.07) is 7.58. The summed E-state index contributed by atoms with van der Waals surface area (Å²) >= 11 is 9.40. The topological polar surface area (TPSA) is 53.3 Å². The lowest BCUT2D eigenvalue weighted by Gasteiger charge is -2.12. The molecule has 0 radical (unpaired) electrons. The van der Waals surface area contributed by atoms with Gasteiger partial charge in [0.25, 0.3) is 5.56 Å². The van der Waals surface area contributed by atoms with E-state index >= 15 is 0 Å². The molecule has 28 heavy (non-hydrogen) atoms. The standard InChI is InChI=1S/C20H23ClN2O3S2/c1-3-26-11-12-27-20-22-18-17(19(24)23(20)9-6-10-25-2)15(13-28-18)14-7-4-5-8-16(14)21/h4-5,7-8,13H,3,6,9-12H2,1-2H3. The van der Waals surface area contributed by atoms with Crippen LogP contribution in [0.2, 0.25) is 5.02 Å². The summed E-state index contributed by atoms with van der Waals surface area (Å²) in [4.78, 5) is 18.9. The number of thiophene rings is 1. The molecule has 0 aliphatic heterocycles. The van der Waals surface area contributed by atoms with Crippen molar-refractivity contribution < 1.29 is 9.47 Å². The minimum atomic E-state index is -0.0313. The summed E-state index contributed by atoms with van der Waals surface area (Å²) in [6.07, 6.45) is 0.744. The van der Waals surface area contributed by atoms with Crippen LogP contribution in [-0.2, 0) is 16.0 Å². The first kappa shape index (κ1) is 21.3. The van der Waals surface area contributed by atoms with Crippen molar-refractivity contribution in [2.24, 2.45) is 0 Å². The predicted molar refractivity (Wildman–Crippen MR) is 118 cm³/mol. The summed E-state index contributed by atoms with van der Waals surface area (Å²) in [7, 11) is 1.66. The van der Waals surface area contributed by atoms with E-state index in [-0.39, 0.29) is 5.56 Å². The molecule has 0 fully saturated rings. The SMILES string of the molecule is CCOCCSc1nc2scc(-c3ccccc3Cl)c2c(=O)n1CCCOC. The first-order valence-electron chi connectivity index (χ1n) is 9.13. The molecular formula is C20H23ClN2O3S2. The molecular weight excluding hydrogens is 416 g/mol. The number of methoxy groups -OCH3 is 1. The van der Waals surface area contributed by atoms with Crippen LogP contribution in [0.1, 0.15) is 13.3 Å². The fourth-order valence-corrected chi connectivity index (χ4v) is 4.99. The zero-order valence-electron chi connectivity index (χ0n) is 15.9. The Morgan fingerprint density at radius 2 is 2.07 bits per heavy atom. The highest BCUT2D eigenvalue weighted by atomic mass is 35.5. The number of hydrogen-bond acceptors (Lipinski definition) is 6. The lowest BCUT2D eigenvalue weighted by Crippen LogP contribution is -2.24. The molecule has 0 unspecified atom stereocenters. The van der Waals surface area contributed by atoms with Crippen LogP contribution in [-0.4, -0.2) is 42.2 Å². The summed E-state index contributed by atoms with van der Waals surface area (Å²) in [6.45, 7) is 4.43. The fraction of sp³-hybridized carbons (Fsp3) is 0.400. The van der Waals surface area contributed by atoms with Crippen molar-refractivity contribution >= 4 is 44.9 Å². The number of halogens is 1. The van der Waals surface area contributed by atoms with Gasteiger partial charge in [-0.2, -0.15) is 0 Å². The highest BCUT2D eigenvalue weighted by molar-refractivity contribution is 7.99. The van der Waals surface area contributed by atoms with Gasteiger partial charge in [-0.25, -0.2) is 4.98 Å². The summed E-state index contributed by atoms with van der Waals surface area (Å²) in [5.74, 6) is 0.749. The molecule has 3 aromatic rings. The molecule has 0 bridgehead atoms.